The zero-order chi connectivity index (χ0) is 22.3. The molecule has 0 radical (unpaired) electrons. The topological polar surface area (TPSA) is 75.9 Å². The Bertz CT molecular complexity index is 1500. The largest absolute Gasteiger partial charge is 0.382 e. The zero-order valence-corrected chi connectivity index (χ0v) is 19.0. The van der Waals surface area contributed by atoms with Gasteiger partial charge in [0.25, 0.3) is 5.56 Å². The van der Waals surface area contributed by atoms with Crippen LogP contribution in [-0.4, -0.2) is 37.6 Å². The Morgan fingerprint density at radius 1 is 1.06 bits per heavy atom. The average molecular weight is 473 g/mol. The van der Waals surface area contributed by atoms with Gasteiger partial charge in [0.05, 0.1) is 10.6 Å². The molecule has 0 saturated heterocycles. The fourth-order valence-corrected chi connectivity index (χ4v) is 6.18. The Balaban J connectivity index is 2.04. The van der Waals surface area contributed by atoms with E-state index in [-0.39, 0.29) is 20.3 Å². The molecular formula is C22H17ClN2O4S2. The second-order valence-electron chi connectivity index (χ2n) is 7.05. The van der Waals surface area contributed by atoms with Crippen molar-refractivity contribution in [3.8, 4) is 0 Å². The SMILES string of the molecule is CN(C)C=c1sc2c(S(=O)(=O)c3ccc(Cl)cc3)cc(C(=O)c3ccccc3)n2c1=O. The predicted octanol–water partition coefficient (Wildman–Crippen LogP) is 3.10. The summed E-state index contributed by atoms with van der Waals surface area (Å²) in [6.07, 6.45) is 1.61. The van der Waals surface area contributed by atoms with Crippen LogP contribution in [0.1, 0.15) is 16.1 Å². The fraction of sp³-hybridized carbons (Fsp3) is 0.0909. The van der Waals surface area contributed by atoms with Crippen LogP contribution in [0.4, 0.5) is 0 Å². The van der Waals surface area contributed by atoms with Gasteiger partial charge in [-0.2, -0.15) is 0 Å². The first kappa shape index (κ1) is 21.3. The predicted molar refractivity (Wildman–Crippen MR) is 122 cm³/mol. The molecular weight excluding hydrogens is 456 g/mol. The molecule has 9 heteroatoms. The summed E-state index contributed by atoms with van der Waals surface area (Å²) in [6, 6.07) is 15.5. The second kappa shape index (κ2) is 7.96. The maximum absolute atomic E-state index is 13.4. The summed E-state index contributed by atoms with van der Waals surface area (Å²) >= 11 is 6.93. The third-order valence-corrected chi connectivity index (χ3v) is 7.86. The molecule has 158 valence electrons. The molecule has 0 unspecified atom stereocenters. The quantitative estimate of drug-likeness (QED) is 0.417. The lowest BCUT2D eigenvalue weighted by Gasteiger charge is -2.02. The number of carbonyl (C=O) groups excluding carboxylic acids is 1. The highest BCUT2D eigenvalue weighted by molar-refractivity contribution is 7.91. The molecule has 0 bridgehead atoms. The van der Waals surface area contributed by atoms with E-state index >= 15 is 0 Å². The molecule has 2 heterocycles. The third kappa shape index (κ3) is 3.78. The van der Waals surface area contributed by atoms with Gasteiger partial charge in [-0.25, -0.2) is 8.42 Å². The Labute approximate surface area is 187 Å². The van der Waals surface area contributed by atoms with Gasteiger partial charge in [0.2, 0.25) is 15.6 Å². The standard InChI is InChI=1S/C22H17ClN2O4S2/c1-24(2)13-18-21(27)25-17(20(26)14-6-4-3-5-7-14)12-19(22(25)30-18)31(28,29)16-10-8-15(23)9-11-16/h3-13H,1-2H3. The van der Waals surface area contributed by atoms with Crippen LogP contribution in [-0.2, 0) is 9.84 Å². The van der Waals surface area contributed by atoms with Crippen molar-refractivity contribution in [1.29, 1.82) is 0 Å². The lowest BCUT2D eigenvalue weighted by Crippen LogP contribution is -2.27. The van der Waals surface area contributed by atoms with Crippen molar-refractivity contribution in [2.45, 2.75) is 9.79 Å². The Morgan fingerprint density at radius 3 is 2.32 bits per heavy atom. The lowest BCUT2D eigenvalue weighted by molar-refractivity contribution is 0.103. The minimum Gasteiger partial charge on any atom is -0.382 e. The number of aromatic nitrogens is 1. The number of hydrogen-bond donors (Lipinski definition) is 0. The van der Waals surface area contributed by atoms with Crippen molar-refractivity contribution in [3.63, 3.8) is 0 Å². The summed E-state index contributed by atoms with van der Waals surface area (Å²) < 4.78 is 28.3. The van der Waals surface area contributed by atoms with Crippen LogP contribution in [0.25, 0.3) is 11.0 Å². The van der Waals surface area contributed by atoms with Crippen LogP contribution in [0.5, 0.6) is 0 Å². The minimum atomic E-state index is -4.00. The molecule has 6 nitrogen and oxygen atoms in total. The van der Waals surface area contributed by atoms with Gasteiger partial charge >= 0.3 is 0 Å². The van der Waals surface area contributed by atoms with E-state index in [0.717, 1.165) is 11.3 Å². The highest BCUT2D eigenvalue weighted by Crippen LogP contribution is 2.30. The number of fused-ring (bicyclic) bond motifs is 1. The van der Waals surface area contributed by atoms with E-state index in [1.165, 1.54) is 34.7 Å². The molecule has 0 aliphatic heterocycles. The second-order valence-corrected chi connectivity index (χ2v) is 10.4. The number of thiazole rings is 1. The molecule has 0 fully saturated rings. The number of sulfone groups is 1. The van der Waals surface area contributed by atoms with Crippen molar-refractivity contribution in [3.05, 3.63) is 91.8 Å². The van der Waals surface area contributed by atoms with Crippen LogP contribution < -0.4 is 10.1 Å². The van der Waals surface area contributed by atoms with Crippen LogP contribution >= 0.6 is 22.9 Å². The monoisotopic (exact) mass is 472 g/mol. The molecule has 4 aromatic rings. The van der Waals surface area contributed by atoms with Gasteiger partial charge in [-0.1, -0.05) is 41.9 Å². The summed E-state index contributed by atoms with van der Waals surface area (Å²) in [5.41, 5.74) is -0.0694. The summed E-state index contributed by atoms with van der Waals surface area (Å²) in [5.74, 6) is -0.431. The zero-order valence-electron chi connectivity index (χ0n) is 16.6. The number of benzene rings is 2. The molecule has 4 rings (SSSR count). The molecule has 0 aliphatic rings. The number of rotatable bonds is 5. The molecule has 0 amide bonds. The van der Waals surface area contributed by atoms with Gasteiger partial charge in [0.1, 0.15) is 14.3 Å². The van der Waals surface area contributed by atoms with Crippen molar-refractivity contribution >= 4 is 49.6 Å². The van der Waals surface area contributed by atoms with Gasteiger partial charge in [-0.15, -0.1) is 11.3 Å². The van der Waals surface area contributed by atoms with E-state index in [0.29, 0.717) is 15.1 Å². The van der Waals surface area contributed by atoms with E-state index in [2.05, 4.69) is 0 Å². The minimum absolute atomic E-state index is 0.00777. The molecule has 0 aliphatic carbocycles. The van der Waals surface area contributed by atoms with E-state index in [1.807, 2.05) is 0 Å². The Hall–Kier alpha value is -2.94. The maximum atomic E-state index is 13.4. The average Bonchev–Trinajstić information content (AvgIpc) is 3.26. The van der Waals surface area contributed by atoms with Gasteiger partial charge in [-0.05, 0) is 30.3 Å². The van der Waals surface area contributed by atoms with E-state index < -0.39 is 21.2 Å². The Morgan fingerprint density at radius 2 is 1.71 bits per heavy atom. The third-order valence-electron chi connectivity index (χ3n) is 4.60. The van der Waals surface area contributed by atoms with Crippen molar-refractivity contribution in [2.24, 2.45) is 0 Å². The fourth-order valence-electron chi connectivity index (χ4n) is 3.18. The van der Waals surface area contributed by atoms with Gasteiger partial charge in [0.15, 0.2) is 0 Å². The summed E-state index contributed by atoms with van der Waals surface area (Å²) in [7, 11) is -0.477. The first-order valence-corrected chi connectivity index (χ1v) is 11.8. The number of halogens is 1. The number of nitrogens with zero attached hydrogens (tertiary/aromatic N) is 2. The normalized spacial score (nSPS) is 12.4. The molecule has 0 N–H and O–H groups in total. The van der Waals surface area contributed by atoms with Crippen LogP contribution in [0.2, 0.25) is 5.02 Å². The molecule has 0 atom stereocenters. The van der Waals surface area contributed by atoms with Gasteiger partial charge < -0.3 is 4.90 Å². The number of carbonyl (C=O) groups is 1. The maximum Gasteiger partial charge on any atom is 0.275 e. The van der Waals surface area contributed by atoms with E-state index in [9.17, 15) is 18.0 Å². The molecule has 0 spiro atoms. The van der Waals surface area contributed by atoms with E-state index in [1.54, 1.807) is 55.5 Å². The highest BCUT2D eigenvalue weighted by Gasteiger charge is 2.29. The lowest BCUT2D eigenvalue weighted by atomic mass is 10.1. The number of ketones is 1. The first-order valence-electron chi connectivity index (χ1n) is 9.17. The van der Waals surface area contributed by atoms with Crippen molar-refractivity contribution in [2.75, 3.05) is 14.1 Å². The van der Waals surface area contributed by atoms with Crippen LogP contribution in [0, 0.1) is 0 Å². The van der Waals surface area contributed by atoms with Gasteiger partial charge in [-0.3, -0.25) is 14.0 Å². The first-order chi connectivity index (χ1) is 14.7. The molecule has 0 saturated carbocycles. The Kier molecular flexibility index (Phi) is 5.47. The molecule has 31 heavy (non-hydrogen) atoms. The number of hydrogen-bond acceptors (Lipinski definition) is 6. The highest BCUT2D eigenvalue weighted by atomic mass is 35.5. The van der Waals surface area contributed by atoms with Crippen LogP contribution in [0.3, 0.4) is 0 Å². The van der Waals surface area contributed by atoms with Gasteiger partial charge in [0, 0.05) is 30.9 Å². The molecule has 2 aromatic carbocycles. The molecule has 2 aromatic heterocycles. The van der Waals surface area contributed by atoms with E-state index in [4.69, 9.17) is 11.6 Å². The summed E-state index contributed by atoms with van der Waals surface area (Å²) in [4.78, 5) is 28.1. The van der Waals surface area contributed by atoms with Crippen LogP contribution in [0.15, 0.2) is 75.2 Å². The van der Waals surface area contributed by atoms with Crippen molar-refractivity contribution < 1.29 is 13.2 Å². The summed E-state index contributed by atoms with van der Waals surface area (Å²) in [5, 5.41) is 0.404. The van der Waals surface area contributed by atoms with Crippen molar-refractivity contribution in [1.82, 2.24) is 9.30 Å². The summed E-state index contributed by atoms with van der Waals surface area (Å²) in [6.45, 7) is 0. The smallest absolute Gasteiger partial charge is 0.275 e.